The molecule has 0 saturated heterocycles. The zero-order valence-corrected chi connectivity index (χ0v) is 25.3. The van der Waals surface area contributed by atoms with E-state index in [1.807, 2.05) is 13.8 Å². The summed E-state index contributed by atoms with van der Waals surface area (Å²) in [5, 5.41) is 10.3. The maximum absolute atomic E-state index is 15.3. The van der Waals surface area contributed by atoms with E-state index in [9.17, 15) is 17.6 Å². The third-order valence-electron chi connectivity index (χ3n) is 6.99. The fraction of sp³-hybridized carbons (Fsp3) is 0.194. The van der Waals surface area contributed by atoms with Gasteiger partial charge in [0.15, 0.2) is 11.5 Å². The fourth-order valence-electron chi connectivity index (χ4n) is 5.05. The SMILES string of the molecule is CC(C)CC(=O)Nc1cncc(-c2cc(F)c3[nH]nc(-c4nc5c(-c6cc(F)cc(CNS(C)(=O)=O)c6)ccnc5[nH]4)c3c2)c1. The van der Waals surface area contributed by atoms with Gasteiger partial charge in [-0.15, -0.1) is 0 Å². The molecule has 45 heavy (non-hydrogen) atoms. The number of fused-ring (bicyclic) bond motifs is 2. The van der Waals surface area contributed by atoms with Crippen molar-refractivity contribution in [1.29, 1.82) is 0 Å². The Balaban J connectivity index is 1.38. The number of sulfonamides is 1. The number of H-pyrrole nitrogens is 2. The molecule has 11 nitrogen and oxygen atoms in total. The van der Waals surface area contributed by atoms with Crippen molar-refractivity contribution in [2.24, 2.45) is 5.92 Å². The molecule has 230 valence electrons. The Kier molecular flexibility index (Phi) is 7.85. The smallest absolute Gasteiger partial charge is 0.224 e. The van der Waals surface area contributed by atoms with Crippen LogP contribution in [0.4, 0.5) is 14.5 Å². The summed E-state index contributed by atoms with van der Waals surface area (Å²) in [5.74, 6) is -0.730. The number of carbonyl (C=O) groups is 1. The molecule has 1 amide bonds. The Morgan fingerprint density at radius 2 is 1.84 bits per heavy atom. The van der Waals surface area contributed by atoms with Crippen molar-refractivity contribution in [3.63, 3.8) is 0 Å². The quantitative estimate of drug-likeness (QED) is 0.163. The summed E-state index contributed by atoms with van der Waals surface area (Å²) in [7, 11) is -3.48. The first kappa shape index (κ1) is 30.0. The van der Waals surface area contributed by atoms with Crippen LogP contribution in [0.2, 0.25) is 0 Å². The van der Waals surface area contributed by atoms with Gasteiger partial charge in [-0.1, -0.05) is 13.8 Å². The number of carbonyl (C=O) groups excluding carboxylic acids is 1. The van der Waals surface area contributed by atoms with Gasteiger partial charge in [-0.3, -0.25) is 14.9 Å². The average molecular weight is 631 g/mol. The molecule has 4 aromatic heterocycles. The molecule has 0 saturated carbocycles. The van der Waals surface area contributed by atoms with E-state index < -0.39 is 21.7 Å². The summed E-state index contributed by atoms with van der Waals surface area (Å²) in [6.45, 7) is 3.82. The summed E-state index contributed by atoms with van der Waals surface area (Å²) < 4.78 is 55.4. The number of anilines is 1. The molecule has 0 aliphatic rings. The van der Waals surface area contributed by atoms with Crippen LogP contribution in [-0.2, 0) is 21.4 Å². The maximum Gasteiger partial charge on any atom is 0.224 e. The number of rotatable bonds is 9. The van der Waals surface area contributed by atoms with E-state index in [0.717, 1.165) is 6.26 Å². The summed E-state index contributed by atoms with van der Waals surface area (Å²) in [6, 6.07) is 10.8. The van der Waals surface area contributed by atoms with Gasteiger partial charge in [0.25, 0.3) is 0 Å². The molecule has 2 aromatic carbocycles. The number of aromatic amines is 2. The Bertz CT molecular complexity index is 2190. The molecule has 14 heteroatoms. The van der Waals surface area contributed by atoms with Crippen LogP contribution in [0, 0.1) is 17.6 Å². The number of hydrogen-bond donors (Lipinski definition) is 4. The van der Waals surface area contributed by atoms with Gasteiger partial charge in [-0.05, 0) is 65.1 Å². The highest BCUT2D eigenvalue weighted by atomic mass is 32.2. The van der Waals surface area contributed by atoms with E-state index in [-0.39, 0.29) is 23.9 Å². The van der Waals surface area contributed by atoms with Crippen LogP contribution in [0.3, 0.4) is 0 Å². The predicted octanol–water partition coefficient (Wildman–Crippen LogP) is 5.54. The largest absolute Gasteiger partial charge is 0.325 e. The first-order valence-corrected chi connectivity index (χ1v) is 15.8. The van der Waals surface area contributed by atoms with E-state index >= 15 is 4.39 Å². The Morgan fingerprint density at radius 3 is 2.62 bits per heavy atom. The molecule has 4 heterocycles. The normalized spacial score (nSPS) is 12.0. The number of hydrogen-bond acceptors (Lipinski definition) is 7. The Hall–Kier alpha value is -5.08. The number of halogens is 2. The van der Waals surface area contributed by atoms with Gasteiger partial charge in [0.05, 0.1) is 18.1 Å². The molecule has 0 unspecified atom stereocenters. The van der Waals surface area contributed by atoms with Crippen molar-refractivity contribution in [2.45, 2.75) is 26.8 Å². The molecule has 6 rings (SSSR count). The zero-order chi connectivity index (χ0) is 31.9. The summed E-state index contributed by atoms with van der Waals surface area (Å²) in [5.41, 5.74) is 4.37. The van der Waals surface area contributed by atoms with Gasteiger partial charge in [0, 0.05) is 41.9 Å². The van der Waals surface area contributed by atoms with E-state index in [0.29, 0.717) is 68.0 Å². The predicted molar refractivity (Wildman–Crippen MR) is 167 cm³/mol. The van der Waals surface area contributed by atoms with E-state index in [4.69, 9.17) is 4.98 Å². The van der Waals surface area contributed by atoms with Gasteiger partial charge in [0.1, 0.15) is 28.4 Å². The molecule has 0 radical (unpaired) electrons. The minimum atomic E-state index is -3.48. The lowest BCUT2D eigenvalue weighted by atomic mass is 10.0. The highest BCUT2D eigenvalue weighted by Crippen LogP contribution is 2.34. The second kappa shape index (κ2) is 11.8. The molecule has 0 aliphatic carbocycles. The van der Waals surface area contributed by atoms with Gasteiger partial charge in [0.2, 0.25) is 15.9 Å². The number of aromatic nitrogens is 6. The van der Waals surface area contributed by atoms with Crippen LogP contribution in [0.1, 0.15) is 25.8 Å². The first-order chi connectivity index (χ1) is 21.4. The van der Waals surface area contributed by atoms with E-state index in [1.165, 1.54) is 24.4 Å². The number of benzene rings is 2. The van der Waals surface area contributed by atoms with Crippen LogP contribution in [0.5, 0.6) is 0 Å². The van der Waals surface area contributed by atoms with Crippen LogP contribution >= 0.6 is 0 Å². The van der Waals surface area contributed by atoms with Crippen LogP contribution in [0.15, 0.2) is 61.1 Å². The molecule has 0 aliphatic heterocycles. The second-order valence-corrected chi connectivity index (χ2v) is 13.0. The maximum atomic E-state index is 15.3. The summed E-state index contributed by atoms with van der Waals surface area (Å²) in [4.78, 5) is 28.7. The lowest BCUT2D eigenvalue weighted by Crippen LogP contribution is -2.21. The van der Waals surface area contributed by atoms with Gasteiger partial charge < -0.3 is 10.3 Å². The minimum absolute atomic E-state index is 0.0838. The third-order valence-corrected chi connectivity index (χ3v) is 7.66. The van der Waals surface area contributed by atoms with Crippen molar-refractivity contribution >= 4 is 43.7 Å². The minimum Gasteiger partial charge on any atom is -0.325 e. The van der Waals surface area contributed by atoms with Crippen molar-refractivity contribution < 1.29 is 22.0 Å². The highest BCUT2D eigenvalue weighted by Gasteiger charge is 2.19. The molecule has 4 N–H and O–H groups in total. The summed E-state index contributed by atoms with van der Waals surface area (Å²) >= 11 is 0. The van der Waals surface area contributed by atoms with Crippen LogP contribution in [-0.4, -0.2) is 50.7 Å². The van der Waals surface area contributed by atoms with Gasteiger partial charge >= 0.3 is 0 Å². The molecule has 0 bridgehead atoms. The van der Waals surface area contributed by atoms with Crippen LogP contribution in [0.25, 0.3) is 55.8 Å². The molecular weight excluding hydrogens is 602 g/mol. The second-order valence-electron chi connectivity index (χ2n) is 11.1. The van der Waals surface area contributed by atoms with Gasteiger partial charge in [-0.25, -0.2) is 31.9 Å². The van der Waals surface area contributed by atoms with E-state index in [2.05, 4.69) is 35.2 Å². The number of nitrogens with zero attached hydrogens (tertiary/aromatic N) is 4. The number of amides is 1. The number of imidazole rings is 1. The highest BCUT2D eigenvalue weighted by molar-refractivity contribution is 7.88. The van der Waals surface area contributed by atoms with Crippen molar-refractivity contribution in [3.8, 4) is 33.8 Å². The fourth-order valence-corrected chi connectivity index (χ4v) is 5.48. The zero-order valence-electron chi connectivity index (χ0n) is 24.4. The Labute approximate surface area is 256 Å². The topological polar surface area (TPSA) is 158 Å². The summed E-state index contributed by atoms with van der Waals surface area (Å²) in [6.07, 6.45) is 6.04. The third kappa shape index (κ3) is 6.56. The lowest BCUT2D eigenvalue weighted by molar-refractivity contribution is -0.116. The molecule has 0 spiro atoms. The monoisotopic (exact) mass is 630 g/mol. The number of pyridine rings is 2. The van der Waals surface area contributed by atoms with Gasteiger partial charge in [-0.2, -0.15) is 5.10 Å². The number of nitrogens with one attached hydrogen (secondary N) is 4. The van der Waals surface area contributed by atoms with Crippen LogP contribution < -0.4 is 10.0 Å². The lowest BCUT2D eigenvalue weighted by Gasteiger charge is -2.09. The Morgan fingerprint density at radius 1 is 1.02 bits per heavy atom. The van der Waals surface area contributed by atoms with Crippen molar-refractivity contribution in [2.75, 3.05) is 11.6 Å². The average Bonchev–Trinajstić information content (AvgIpc) is 3.59. The standard InChI is InChI=1S/C31H28F2N8O3S/c1-16(2)6-26(42)37-22-10-20(14-34-15-22)18-11-24-27(25(33)12-18)40-41-29(24)31-38-28-23(4-5-35-30(28)39-31)19-7-17(8-21(32)9-19)13-36-45(3,43)44/h4-5,7-12,14-16,36H,6,13H2,1-3H3,(H,37,42)(H,40,41)(H,35,38,39). The molecule has 0 atom stereocenters. The van der Waals surface area contributed by atoms with E-state index in [1.54, 1.807) is 36.7 Å². The first-order valence-electron chi connectivity index (χ1n) is 14.0. The molecule has 0 fully saturated rings. The van der Waals surface area contributed by atoms with Crippen molar-refractivity contribution in [3.05, 3.63) is 78.3 Å². The molecule has 6 aromatic rings. The van der Waals surface area contributed by atoms with Crippen molar-refractivity contribution in [1.82, 2.24) is 34.9 Å². The molecular formula is C31H28F2N8O3S.